The van der Waals surface area contributed by atoms with E-state index in [1.54, 1.807) is 0 Å². The molecule has 0 radical (unpaired) electrons. The molecule has 0 aromatic rings. The minimum atomic E-state index is -1.01. The van der Waals surface area contributed by atoms with E-state index in [1.807, 2.05) is 13.8 Å². The molecule has 1 aliphatic heterocycles. The summed E-state index contributed by atoms with van der Waals surface area (Å²) >= 11 is 0. The zero-order chi connectivity index (χ0) is 13.7. The molecule has 1 saturated carbocycles. The van der Waals surface area contributed by atoms with Gasteiger partial charge >= 0.3 is 5.97 Å². The maximum absolute atomic E-state index is 12.0. The van der Waals surface area contributed by atoms with Crippen LogP contribution in [0.1, 0.15) is 20.3 Å². The molecule has 0 aromatic heterocycles. The van der Waals surface area contributed by atoms with Crippen LogP contribution in [-0.2, 0) is 19.1 Å². The van der Waals surface area contributed by atoms with Gasteiger partial charge in [-0.25, -0.2) is 0 Å². The van der Waals surface area contributed by atoms with Gasteiger partial charge in [-0.3, -0.25) is 19.3 Å². The number of carbonyl (C=O) groups is 3. The van der Waals surface area contributed by atoms with Gasteiger partial charge in [-0.15, -0.1) is 0 Å². The predicted molar refractivity (Wildman–Crippen MR) is 60.5 cm³/mol. The van der Waals surface area contributed by atoms with Crippen LogP contribution in [0.2, 0.25) is 0 Å². The summed E-state index contributed by atoms with van der Waals surface area (Å²) in [5.41, 5.74) is -0.236. The molecule has 0 spiro atoms. The highest BCUT2D eigenvalue weighted by Gasteiger charge is 2.72. The second-order valence-electron chi connectivity index (χ2n) is 5.52. The molecule has 1 saturated heterocycles. The Morgan fingerprint density at radius 2 is 1.89 bits per heavy atom. The highest BCUT2D eigenvalue weighted by atomic mass is 16.5. The van der Waals surface area contributed by atoms with E-state index in [-0.39, 0.29) is 42.0 Å². The Balaban J connectivity index is 2.02. The van der Waals surface area contributed by atoms with Crippen molar-refractivity contribution >= 4 is 17.8 Å². The van der Waals surface area contributed by atoms with Crippen LogP contribution in [0, 0.1) is 17.3 Å². The molecular formula is C12H17NO5. The topological polar surface area (TPSA) is 83.9 Å². The number of likely N-dealkylation sites (tertiary alicyclic amines) is 1. The summed E-state index contributed by atoms with van der Waals surface area (Å²) in [7, 11) is 1.38. The van der Waals surface area contributed by atoms with Crippen molar-refractivity contribution in [1.82, 2.24) is 4.90 Å². The molecule has 18 heavy (non-hydrogen) atoms. The highest BCUT2D eigenvalue weighted by Crippen LogP contribution is 2.63. The van der Waals surface area contributed by atoms with Gasteiger partial charge in [0, 0.05) is 7.11 Å². The van der Waals surface area contributed by atoms with E-state index >= 15 is 0 Å². The Morgan fingerprint density at radius 1 is 1.39 bits per heavy atom. The SMILES string of the molecule is COC(CC(=O)O)CN1C(=O)C2C(C1=O)C2(C)C. The Bertz CT molecular complexity index is 393. The standard InChI is InChI=1S/C12H17NO5/c1-12(2)8-9(12)11(17)13(10(8)16)5-6(18-3)4-7(14)15/h6,8-9H,4-5H2,1-3H3,(H,14,15). The van der Waals surface area contributed by atoms with Gasteiger partial charge in [0.2, 0.25) is 11.8 Å². The van der Waals surface area contributed by atoms with E-state index in [1.165, 1.54) is 7.11 Å². The molecule has 1 heterocycles. The van der Waals surface area contributed by atoms with Crippen LogP contribution < -0.4 is 0 Å². The molecule has 6 heteroatoms. The second-order valence-corrected chi connectivity index (χ2v) is 5.52. The predicted octanol–water partition coefficient (Wildman–Crippen LogP) is 0.117. The number of piperidine rings is 1. The van der Waals surface area contributed by atoms with Gasteiger partial charge in [-0.1, -0.05) is 13.8 Å². The molecule has 2 fully saturated rings. The number of ether oxygens (including phenoxy) is 1. The molecule has 1 N–H and O–H groups in total. The molecule has 0 aromatic carbocycles. The van der Waals surface area contributed by atoms with Gasteiger partial charge in [0.1, 0.15) is 0 Å². The first-order valence-electron chi connectivity index (χ1n) is 5.90. The van der Waals surface area contributed by atoms with Gasteiger partial charge < -0.3 is 9.84 Å². The number of carbonyl (C=O) groups excluding carboxylic acids is 2. The monoisotopic (exact) mass is 255 g/mol. The van der Waals surface area contributed by atoms with Crippen molar-refractivity contribution in [2.24, 2.45) is 17.3 Å². The molecule has 6 nitrogen and oxygen atoms in total. The summed E-state index contributed by atoms with van der Waals surface area (Å²) < 4.78 is 4.99. The fourth-order valence-electron chi connectivity index (χ4n) is 2.80. The summed E-state index contributed by atoms with van der Waals surface area (Å²) in [4.78, 5) is 35.8. The quantitative estimate of drug-likeness (QED) is 0.705. The zero-order valence-electron chi connectivity index (χ0n) is 10.7. The van der Waals surface area contributed by atoms with Crippen molar-refractivity contribution in [3.8, 4) is 0 Å². The van der Waals surface area contributed by atoms with E-state index in [2.05, 4.69) is 0 Å². The zero-order valence-corrected chi connectivity index (χ0v) is 10.7. The lowest BCUT2D eigenvalue weighted by atomic mass is 10.1. The van der Waals surface area contributed by atoms with Crippen molar-refractivity contribution in [3.05, 3.63) is 0 Å². The Morgan fingerprint density at radius 3 is 2.28 bits per heavy atom. The van der Waals surface area contributed by atoms with E-state index in [0.29, 0.717) is 0 Å². The Hall–Kier alpha value is -1.43. The number of fused-ring (bicyclic) bond motifs is 1. The molecule has 100 valence electrons. The Labute approximate surface area is 105 Å². The van der Waals surface area contributed by atoms with E-state index in [0.717, 1.165) is 4.90 Å². The van der Waals surface area contributed by atoms with E-state index in [9.17, 15) is 14.4 Å². The summed E-state index contributed by atoms with van der Waals surface area (Å²) in [5.74, 6) is -1.85. The first-order valence-corrected chi connectivity index (χ1v) is 5.90. The molecular weight excluding hydrogens is 238 g/mol. The maximum atomic E-state index is 12.0. The fraction of sp³-hybridized carbons (Fsp3) is 0.750. The molecule has 0 bridgehead atoms. The van der Waals surface area contributed by atoms with Crippen LogP contribution in [-0.4, -0.2) is 47.5 Å². The summed E-state index contributed by atoms with van der Waals surface area (Å²) in [6, 6.07) is 0. The van der Waals surface area contributed by atoms with Crippen molar-refractivity contribution in [1.29, 1.82) is 0 Å². The van der Waals surface area contributed by atoms with Gasteiger partial charge in [0.05, 0.1) is 30.9 Å². The molecule has 2 rings (SSSR count). The number of hydrogen-bond acceptors (Lipinski definition) is 4. The lowest BCUT2D eigenvalue weighted by Gasteiger charge is -2.24. The minimum absolute atomic E-state index is 0.0313. The van der Waals surface area contributed by atoms with Gasteiger partial charge in [0.25, 0.3) is 0 Å². The number of amides is 2. The largest absolute Gasteiger partial charge is 0.481 e. The minimum Gasteiger partial charge on any atom is -0.481 e. The number of carboxylic acid groups (broad SMARTS) is 1. The van der Waals surface area contributed by atoms with Gasteiger partial charge in [0.15, 0.2) is 0 Å². The third kappa shape index (κ3) is 1.80. The van der Waals surface area contributed by atoms with E-state index < -0.39 is 12.1 Å². The normalized spacial score (nSPS) is 30.3. The summed E-state index contributed by atoms with van der Waals surface area (Å²) in [6.07, 6.45) is -0.859. The number of aliphatic carboxylic acids is 1. The third-order valence-electron chi connectivity index (χ3n) is 4.01. The van der Waals surface area contributed by atoms with Gasteiger partial charge in [-0.05, 0) is 5.41 Å². The number of imide groups is 1. The van der Waals surface area contributed by atoms with E-state index in [4.69, 9.17) is 9.84 Å². The maximum Gasteiger partial charge on any atom is 0.306 e. The van der Waals surface area contributed by atoms with Crippen molar-refractivity contribution in [2.75, 3.05) is 13.7 Å². The van der Waals surface area contributed by atoms with Crippen LogP contribution in [0.4, 0.5) is 0 Å². The number of carboxylic acids is 1. The molecule has 1 aliphatic carbocycles. The average molecular weight is 255 g/mol. The van der Waals surface area contributed by atoms with Crippen LogP contribution in [0.5, 0.6) is 0 Å². The lowest BCUT2D eigenvalue weighted by molar-refractivity contribution is -0.148. The number of hydrogen-bond donors (Lipinski definition) is 1. The second kappa shape index (κ2) is 4.05. The van der Waals surface area contributed by atoms with Crippen LogP contribution in [0.15, 0.2) is 0 Å². The molecule has 3 unspecified atom stereocenters. The first kappa shape index (κ1) is 13.0. The average Bonchev–Trinajstić information content (AvgIpc) is 2.74. The van der Waals surface area contributed by atoms with Crippen molar-refractivity contribution < 1.29 is 24.2 Å². The first-order chi connectivity index (χ1) is 8.30. The van der Waals surface area contributed by atoms with Crippen molar-refractivity contribution in [3.63, 3.8) is 0 Å². The molecule has 2 amide bonds. The molecule has 2 aliphatic rings. The van der Waals surface area contributed by atoms with Crippen molar-refractivity contribution in [2.45, 2.75) is 26.4 Å². The van der Waals surface area contributed by atoms with Gasteiger partial charge in [-0.2, -0.15) is 0 Å². The smallest absolute Gasteiger partial charge is 0.306 e. The number of methoxy groups -OCH3 is 1. The van der Waals surface area contributed by atoms with Crippen LogP contribution in [0.25, 0.3) is 0 Å². The summed E-state index contributed by atoms with van der Waals surface area (Å²) in [6.45, 7) is 3.84. The highest BCUT2D eigenvalue weighted by molar-refractivity contribution is 6.10. The summed E-state index contributed by atoms with van der Waals surface area (Å²) in [5, 5.41) is 8.70. The number of rotatable bonds is 5. The van der Waals surface area contributed by atoms with Crippen LogP contribution in [0.3, 0.4) is 0 Å². The Kier molecular flexibility index (Phi) is 2.93. The van der Waals surface area contributed by atoms with Crippen LogP contribution >= 0.6 is 0 Å². The molecule has 3 atom stereocenters. The fourth-order valence-corrected chi connectivity index (χ4v) is 2.80. The number of nitrogens with zero attached hydrogens (tertiary/aromatic N) is 1. The lowest BCUT2D eigenvalue weighted by Crippen LogP contribution is -2.42. The third-order valence-corrected chi connectivity index (χ3v) is 4.01.